The predicted molar refractivity (Wildman–Crippen MR) is 109 cm³/mol. The van der Waals surface area contributed by atoms with Crippen LogP contribution in [0.2, 0.25) is 0 Å². The second kappa shape index (κ2) is 8.62. The smallest absolute Gasteiger partial charge is 0.286 e. The van der Waals surface area contributed by atoms with Gasteiger partial charge >= 0.3 is 0 Å². The van der Waals surface area contributed by atoms with Crippen LogP contribution in [0.1, 0.15) is 46.2 Å². The fourth-order valence-electron chi connectivity index (χ4n) is 3.47. The lowest BCUT2D eigenvalue weighted by atomic mass is 10.1. The Labute approximate surface area is 168 Å². The number of nitrogens with one attached hydrogen (secondary N) is 1. The van der Waals surface area contributed by atoms with Crippen molar-refractivity contribution in [1.82, 2.24) is 24.6 Å². The quantitative estimate of drug-likeness (QED) is 0.691. The van der Waals surface area contributed by atoms with Gasteiger partial charge in [-0.25, -0.2) is 4.98 Å². The van der Waals surface area contributed by atoms with Crippen LogP contribution in [0, 0.1) is 0 Å². The molecular weight excluding hydrogens is 372 g/mol. The average molecular weight is 397 g/mol. The molecule has 1 amide bonds. The Morgan fingerprint density at radius 1 is 1.21 bits per heavy atom. The van der Waals surface area contributed by atoms with Gasteiger partial charge < -0.3 is 9.88 Å². The van der Waals surface area contributed by atoms with Crippen molar-refractivity contribution in [2.75, 3.05) is 18.4 Å². The van der Waals surface area contributed by atoms with Crippen molar-refractivity contribution in [3.05, 3.63) is 58.6 Å². The second-order valence-corrected chi connectivity index (χ2v) is 8.08. The molecule has 2 aromatic heterocycles. The van der Waals surface area contributed by atoms with E-state index >= 15 is 0 Å². The summed E-state index contributed by atoms with van der Waals surface area (Å²) in [5, 5.41) is 12.5. The van der Waals surface area contributed by atoms with Crippen molar-refractivity contribution in [3.8, 4) is 0 Å². The highest BCUT2D eigenvalue weighted by molar-refractivity contribution is 7.13. The van der Waals surface area contributed by atoms with Crippen LogP contribution in [0.15, 0.2) is 43.0 Å². The first-order valence-corrected chi connectivity index (χ1v) is 10.5. The monoisotopic (exact) mass is 396 g/mol. The van der Waals surface area contributed by atoms with E-state index in [2.05, 4.69) is 36.9 Å². The maximum Gasteiger partial charge on any atom is 0.286 e. The number of hydrogen-bond acceptors (Lipinski definition) is 6. The topological polar surface area (TPSA) is 75.9 Å². The Balaban J connectivity index is 1.29. The maximum absolute atomic E-state index is 12.4. The molecule has 1 aliphatic rings. The normalized spacial score (nSPS) is 15.6. The number of carbonyl (C=O) groups excluding carboxylic acids is 1. The molecule has 1 aromatic carbocycles. The third kappa shape index (κ3) is 4.45. The fraction of sp³-hybridized carbons (Fsp3) is 0.400. The Hall–Kier alpha value is -2.58. The molecule has 3 heterocycles. The minimum atomic E-state index is -0.202. The minimum Gasteiger partial charge on any atom is -0.334 e. The molecule has 3 aromatic rings. The summed E-state index contributed by atoms with van der Waals surface area (Å²) in [5.41, 5.74) is 2.02. The summed E-state index contributed by atoms with van der Waals surface area (Å²) in [7, 11) is 0. The molecule has 0 unspecified atom stereocenters. The largest absolute Gasteiger partial charge is 0.334 e. The van der Waals surface area contributed by atoms with Gasteiger partial charge in [0.15, 0.2) is 0 Å². The predicted octanol–water partition coefficient (Wildman–Crippen LogP) is 3.39. The number of amides is 1. The van der Waals surface area contributed by atoms with Crippen LogP contribution < -0.4 is 5.32 Å². The third-order valence-corrected chi connectivity index (χ3v) is 6.05. The Morgan fingerprint density at radius 3 is 2.68 bits per heavy atom. The molecule has 1 saturated heterocycles. The number of aromatic nitrogens is 4. The standard InChI is InChI=1S/C20H24N6OS/c1-2-15-3-5-16(6-4-15)22-19(27)20-24-23-18(28-20)13-25-10-7-17(8-11-25)26-12-9-21-14-26/h3-6,9,12,14,17H,2,7-8,10-11,13H2,1H3,(H,22,27). The van der Waals surface area contributed by atoms with Crippen LogP contribution >= 0.6 is 11.3 Å². The van der Waals surface area contributed by atoms with Crippen molar-refractivity contribution >= 4 is 22.9 Å². The van der Waals surface area contributed by atoms with Gasteiger partial charge in [0.2, 0.25) is 5.01 Å². The molecule has 28 heavy (non-hydrogen) atoms. The number of anilines is 1. The number of likely N-dealkylation sites (tertiary alicyclic amines) is 1. The lowest BCUT2D eigenvalue weighted by Gasteiger charge is -2.31. The van der Waals surface area contributed by atoms with E-state index < -0.39 is 0 Å². The molecular formula is C20H24N6OS. The molecule has 0 radical (unpaired) electrons. The second-order valence-electron chi connectivity index (χ2n) is 7.02. The molecule has 1 N–H and O–H groups in total. The van der Waals surface area contributed by atoms with Crippen molar-refractivity contribution < 1.29 is 4.79 Å². The summed E-state index contributed by atoms with van der Waals surface area (Å²) in [5.74, 6) is -0.202. The van der Waals surface area contributed by atoms with Crippen molar-refractivity contribution in [2.45, 2.75) is 38.8 Å². The van der Waals surface area contributed by atoms with Gasteiger partial charge in [-0.3, -0.25) is 9.69 Å². The summed E-state index contributed by atoms with van der Waals surface area (Å²) in [6.07, 6.45) is 8.93. The molecule has 1 aliphatic heterocycles. The lowest BCUT2D eigenvalue weighted by Crippen LogP contribution is -2.33. The highest BCUT2D eigenvalue weighted by Crippen LogP contribution is 2.24. The van der Waals surface area contributed by atoms with E-state index in [4.69, 9.17) is 0 Å². The Kier molecular flexibility index (Phi) is 5.78. The molecule has 0 bridgehead atoms. The number of benzene rings is 1. The van der Waals surface area contributed by atoms with Crippen molar-refractivity contribution in [3.63, 3.8) is 0 Å². The van der Waals surface area contributed by atoms with E-state index in [1.807, 2.05) is 43.0 Å². The van der Waals surface area contributed by atoms with Crippen molar-refractivity contribution in [1.29, 1.82) is 0 Å². The van der Waals surface area contributed by atoms with Gasteiger partial charge in [0, 0.05) is 37.2 Å². The Morgan fingerprint density at radius 2 is 2.00 bits per heavy atom. The van der Waals surface area contributed by atoms with Gasteiger partial charge in [0.05, 0.1) is 12.9 Å². The molecule has 7 nitrogen and oxygen atoms in total. The van der Waals surface area contributed by atoms with Gasteiger partial charge in [-0.05, 0) is 37.0 Å². The van der Waals surface area contributed by atoms with Crippen LogP contribution in [0.4, 0.5) is 5.69 Å². The first-order chi connectivity index (χ1) is 13.7. The van der Waals surface area contributed by atoms with E-state index in [0.717, 1.165) is 49.6 Å². The zero-order valence-electron chi connectivity index (χ0n) is 15.9. The lowest BCUT2D eigenvalue weighted by molar-refractivity contribution is 0.102. The minimum absolute atomic E-state index is 0.202. The van der Waals surface area contributed by atoms with Gasteiger partial charge in [0.1, 0.15) is 5.01 Å². The van der Waals surface area contributed by atoms with E-state index in [9.17, 15) is 4.79 Å². The third-order valence-electron chi connectivity index (χ3n) is 5.14. The van der Waals surface area contributed by atoms with Crippen LogP contribution in [-0.2, 0) is 13.0 Å². The summed E-state index contributed by atoms with van der Waals surface area (Å²) in [6.45, 7) is 4.87. The summed E-state index contributed by atoms with van der Waals surface area (Å²) in [4.78, 5) is 18.9. The SMILES string of the molecule is CCc1ccc(NC(=O)c2nnc(CN3CCC(n4ccnc4)CC3)s2)cc1. The number of carbonyl (C=O) groups is 1. The van der Waals surface area contributed by atoms with Crippen LogP contribution in [-0.4, -0.2) is 43.6 Å². The summed E-state index contributed by atoms with van der Waals surface area (Å²) in [6, 6.07) is 8.41. The zero-order chi connectivity index (χ0) is 19.3. The molecule has 1 fully saturated rings. The van der Waals surface area contributed by atoms with E-state index in [-0.39, 0.29) is 5.91 Å². The van der Waals surface area contributed by atoms with Gasteiger partial charge in [-0.2, -0.15) is 0 Å². The van der Waals surface area contributed by atoms with Gasteiger partial charge in [0.25, 0.3) is 5.91 Å². The van der Waals surface area contributed by atoms with Gasteiger partial charge in [-0.15, -0.1) is 10.2 Å². The Bertz CT molecular complexity index is 897. The number of rotatable bonds is 6. The number of aryl methyl sites for hydroxylation is 1. The molecule has 0 aliphatic carbocycles. The number of imidazole rings is 1. The highest BCUT2D eigenvalue weighted by Gasteiger charge is 2.22. The van der Waals surface area contributed by atoms with E-state index in [1.54, 1.807) is 0 Å². The maximum atomic E-state index is 12.4. The van der Waals surface area contributed by atoms with Crippen LogP contribution in [0.3, 0.4) is 0 Å². The van der Waals surface area contributed by atoms with E-state index in [0.29, 0.717) is 11.0 Å². The van der Waals surface area contributed by atoms with Crippen molar-refractivity contribution in [2.24, 2.45) is 0 Å². The fourth-order valence-corrected chi connectivity index (χ4v) is 4.25. The number of hydrogen-bond donors (Lipinski definition) is 1. The van der Waals surface area contributed by atoms with Crippen LogP contribution in [0.5, 0.6) is 0 Å². The molecule has 8 heteroatoms. The highest BCUT2D eigenvalue weighted by atomic mass is 32.1. The van der Waals surface area contributed by atoms with Gasteiger partial charge in [-0.1, -0.05) is 30.4 Å². The van der Waals surface area contributed by atoms with Crippen LogP contribution in [0.25, 0.3) is 0 Å². The van der Waals surface area contributed by atoms with E-state index in [1.165, 1.54) is 16.9 Å². The molecule has 0 saturated carbocycles. The number of piperidine rings is 1. The molecule has 0 atom stereocenters. The zero-order valence-corrected chi connectivity index (χ0v) is 16.7. The molecule has 4 rings (SSSR count). The average Bonchev–Trinajstić information content (AvgIpc) is 3.41. The first kappa shape index (κ1) is 18.8. The summed E-state index contributed by atoms with van der Waals surface area (Å²) >= 11 is 1.37. The first-order valence-electron chi connectivity index (χ1n) is 9.63. The summed E-state index contributed by atoms with van der Waals surface area (Å²) < 4.78 is 2.19. The molecule has 0 spiro atoms. The molecule has 146 valence electrons. The number of nitrogens with zero attached hydrogens (tertiary/aromatic N) is 5.